The number of rotatable bonds is 1. The number of imide groups is 1. The van der Waals surface area contributed by atoms with Crippen molar-refractivity contribution in [3.8, 4) is 5.75 Å². The Hall–Kier alpha value is -1.58. The number of benzene rings is 1. The van der Waals surface area contributed by atoms with Gasteiger partial charge in [-0.25, -0.2) is 0 Å². The van der Waals surface area contributed by atoms with Gasteiger partial charge in [0.25, 0.3) is 0 Å². The van der Waals surface area contributed by atoms with Crippen LogP contribution < -0.4 is 5.32 Å². The molecular weight excluding hydrogens is 261 g/mol. The summed E-state index contributed by atoms with van der Waals surface area (Å²) in [5.41, 5.74) is 0.555. The van der Waals surface area contributed by atoms with Gasteiger partial charge in [0, 0.05) is 0 Å². The van der Waals surface area contributed by atoms with Crippen LogP contribution in [0.25, 0.3) is 6.08 Å². The van der Waals surface area contributed by atoms with Crippen molar-refractivity contribution in [3.63, 3.8) is 0 Å². The van der Waals surface area contributed by atoms with E-state index in [1.807, 2.05) is 0 Å². The van der Waals surface area contributed by atoms with E-state index in [0.717, 1.165) is 0 Å². The number of phenols is 1. The van der Waals surface area contributed by atoms with E-state index >= 15 is 0 Å². The fourth-order valence-electron chi connectivity index (χ4n) is 1.17. The van der Waals surface area contributed by atoms with Crippen molar-refractivity contribution in [1.29, 1.82) is 0 Å². The molecule has 0 unspecified atom stereocenters. The minimum atomic E-state index is -0.487. The molecule has 1 aromatic carbocycles. The molecule has 76 valence electrons. The van der Waals surface area contributed by atoms with Gasteiger partial charge < -0.3 is 0 Å². The SMILES string of the molecule is O=C1NC(=O)/C(=C\c2ccccc2O)[Se]1. The second-order valence-corrected chi connectivity index (χ2v) is 5.04. The first-order valence-electron chi connectivity index (χ1n) is 4.19. The molecule has 2 rings (SSSR count). The summed E-state index contributed by atoms with van der Waals surface area (Å²) in [5, 5.41) is 11.7. The topological polar surface area (TPSA) is 66.4 Å². The fraction of sp³-hybridized carbons (Fsp3) is 0. The number of hydrogen-bond donors (Lipinski definition) is 2. The maximum atomic E-state index is 11.2. The Balaban J connectivity index is 2.35. The molecule has 1 fully saturated rings. The van der Waals surface area contributed by atoms with Gasteiger partial charge in [-0.2, -0.15) is 0 Å². The number of amides is 2. The van der Waals surface area contributed by atoms with Gasteiger partial charge in [-0.05, 0) is 0 Å². The number of phenolic OH excluding ortho intramolecular Hbond substituents is 1. The summed E-state index contributed by atoms with van der Waals surface area (Å²) in [6.07, 6.45) is 1.55. The Bertz CT molecular complexity index is 467. The summed E-state index contributed by atoms with van der Waals surface area (Å²) in [6.45, 7) is 0. The molecule has 5 heteroatoms. The van der Waals surface area contributed by atoms with E-state index in [1.54, 1.807) is 24.3 Å². The molecule has 1 aliphatic rings. The summed E-state index contributed by atoms with van der Waals surface area (Å²) in [6, 6.07) is 6.68. The number of carbonyl (C=O) groups is 2. The standard InChI is InChI=1S/C10H7NO3Se/c12-7-4-2-1-3-6(7)5-8-9(13)11-10(14)15-8/h1-5,12H,(H,11,13,14)/b8-5+. The van der Waals surface area contributed by atoms with Crippen molar-refractivity contribution in [2.24, 2.45) is 0 Å². The predicted octanol–water partition coefficient (Wildman–Crippen LogP) is 0.687. The number of hydrogen-bond acceptors (Lipinski definition) is 3. The molecule has 0 spiro atoms. The normalized spacial score (nSPS) is 18.3. The summed E-state index contributed by atoms with van der Waals surface area (Å²) in [4.78, 5) is 21.9. The van der Waals surface area contributed by atoms with Crippen LogP contribution in [0.1, 0.15) is 5.56 Å². The monoisotopic (exact) mass is 269 g/mol. The van der Waals surface area contributed by atoms with E-state index in [-0.39, 0.29) is 16.5 Å². The van der Waals surface area contributed by atoms with Crippen LogP contribution in [0.4, 0.5) is 4.79 Å². The first kappa shape index (κ1) is 9.96. The summed E-state index contributed by atoms with van der Waals surface area (Å²) in [5.74, 6) is -0.254. The van der Waals surface area contributed by atoms with Crippen molar-refractivity contribution in [1.82, 2.24) is 5.32 Å². The van der Waals surface area contributed by atoms with Crippen LogP contribution in [0, 0.1) is 0 Å². The Labute approximate surface area is 92.1 Å². The zero-order valence-electron chi connectivity index (χ0n) is 7.56. The molecular formula is C10H7NO3Se. The van der Waals surface area contributed by atoms with Crippen LogP contribution in [-0.4, -0.2) is 30.8 Å². The predicted molar refractivity (Wildman–Crippen MR) is 55.4 cm³/mol. The summed E-state index contributed by atoms with van der Waals surface area (Å²) in [7, 11) is 0. The van der Waals surface area contributed by atoms with E-state index in [9.17, 15) is 14.7 Å². The van der Waals surface area contributed by atoms with Crippen LogP contribution in [0.2, 0.25) is 0 Å². The Kier molecular flexibility index (Phi) is 2.58. The number of carbonyl (C=O) groups excluding carboxylic acids is 2. The van der Waals surface area contributed by atoms with Crippen molar-refractivity contribution >= 4 is 31.7 Å². The van der Waals surface area contributed by atoms with Crippen LogP contribution in [0.3, 0.4) is 0 Å². The second kappa shape index (κ2) is 3.88. The molecule has 0 aliphatic carbocycles. The minimum absolute atomic E-state index is 0.105. The van der Waals surface area contributed by atoms with E-state index < -0.39 is 15.0 Å². The van der Waals surface area contributed by atoms with E-state index in [1.165, 1.54) is 6.07 Å². The number of aromatic hydroxyl groups is 1. The zero-order chi connectivity index (χ0) is 10.8. The fourth-order valence-corrected chi connectivity index (χ4v) is 2.58. The van der Waals surface area contributed by atoms with Crippen molar-refractivity contribution in [2.45, 2.75) is 0 Å². The molecule has 0 saturated carbocycles. The third-order valence-corrected chi connectivity index (χ3v) is 3.57. The Morgan fingerprint density at radius 2 is 2.00 bits per heavy atom. The van der Waals surface area contributed by atoms with Crippen molar-refractivity contribution in [3.05, 3.63) is 34.3 Å². The zero-order valence-corrected chi connectivity index (χ0v) is 9.27. The molecule has 15 heavy (non-hydrogen) atoms. The molecule has 0 radical (unpaired) electrons. The molecule has 1 heterocycles. The van der Waals surface area contributed by atoms with Gasteiger partial charge in [0.1, 0.15) is 0 Å². The van der Waals surface area contributed by atoms with Crippen molar-refractivity contribution in [2.75, 3.05) is 0 Å². The molecule has 4 nitrogen and oxygen atoms in total. The van der Waals surface area contributed by atoms with Gasteiger partial charge in [-0.3, -0.25) is 0 Å². The Morgan fingerprint density at radius 1 is 1.27 bits per heavy atom. The van der Waals surface area contributed by atoms with Crippen molar-refractivity contribution < 1.29 is 14.7 Å². The Morgan fingerprint density at radius 3 is 2.60 bits per heavy atom. The van der Waals surface area contributed by atoms with Gasteiger partial charge in [0.2, 0.25) is 0 Å². The van der Waals surface area contributed by atoms with Crippen LogP contribution in [0.15, 0.2) is 28.7 Å². The van der Waals surface area contributed by atoms with E-state index in [0.29, 0.717) is 10.0 Å². The summed E-state index contributed by atoms with van der Waals surface area (Å²) >= 11 is -0.487. The molecule has 1 aromatic rings. The average Bonchev–Trinajstić information content (AvgIpc) is 2.49. The van der Waals surface area contributed by atoms with E-state index in [4.69, 9.17) is 0 Å². The molecule has 0 atom stereocenters. The van der Waals surface area contributed by atoms with E-state index in [2.05, 4.69) is 5.32 Å². The molecule has 1 aliphatic heterocycles. The third-order valence-electron chi connectivity index (χ3n) is 1.87. The molecule has 2 amide bonds. The van der Waals surface area contributed by atoms with Crippen LogP contribution in [0.5, 0.6) is 5.75 Å². The average molecular weight is 268 g/mol. The second-order valence-electron chi connectivity index (χ2n) is 2.91. The molecule has 0 aromatic heterocycles. The number of para-hydroxylation sites is 1. The quantitative estimate of drug-likeness (QED) is 0.581. The first-order chi connectivity index (χ1) is 7.16. The number of nitrogens with one attached hydrogen (secondary N) is 1. The van der Waals surface area contributed by atoms with Gasteiger partial charge >= 0.3 is 91.8 Å². The van der Waals surface area contributed by atoms with Gasteiger partial charge in [0.05, 0.1) is 0 Å². The summed E-state index contributed by atoms with van der Waals surface area (Å²) < 4.78 is 0.439. The van der Waals surface area contributed by atoms with Gasteiger partial charge in [-0.15, -0.1) is 0 Å². The molecule has 0 bridgehead atoms. The van der Waals surface area contributed by atoms with Crippen LogP contribution in [-0.2, 0) is 4.79 Å². The first-order valence-corrected chi connectivity index (χ1v) is 5.91. The van der Waals surface area contributed by atoms with Gasteiger partial charge in [-0.1, -0.05) is 0 Å². The van der Waals surface area contributed by atoms with Crippen LogP contribution >= 0.6 is 0 Å². The molecule has 2 N–H and O–H groups in total. The third kappa shape index (κ3) is 2.09. The molecule has 1 saturated heterocycles. The maximum absolute atomic E-state index is 11.2. The van der Waals surface area contributed by atoms with Gasteiger partial charge in [0.15, 0.2) is 0 Å².